The average Bonchev–Trinajstić information content (AvgIpc) is 2.70. The zero-order chi connectivity index (χ0) is 11.8. The summed E-state index contributed by atoms with van der Waals surface area (Å²) in [6.07, 6.45) is 8.27. The van der Waals surface area contributed by atoms with E-state index in [-0.39, 0.29) is 5.60 Å². The number of ether oxygens (including phenoxy) is 1. The number of hydrogen-bond acceptors (Lipinski definition) is 2. The highest BCUT2D eigenvalue weighted by molar-refractivity contribution is 4.92. The van der Waals surface area contributed by atoms with Gasteiger partial charge in [0, 0.05) is 6.04 Å². The van der Waals surface area contributed by atoms with Gasteiger partial charge in [0.05, 0.1) is 11.7 Å². The molecule has 0 aromatic heterocycles. The molecule has 2 aliphatic rings. The van der Waals surface area contributed by atoms with E-state index in [1.54, 1.807) is 0 Å². The van der Waals surface area contributed by atoms with Crippen LogP contribution in [0.1, 0.15) is 59.3 Å². The lowest BCUT2D eigenvalue weighted by Gasteiger charge is -2.29. The fourth-order valence-electron chi connectivity index (χ4n) is 3.52. The predicted molar refractivity (Wildman–Crippen MR) is 67.6 cm³/mol. The van der Waals surface area contributed by atoms with E-state index in [0.717, 1.165) is 6.04 Å². The summed E-state index contributed by atoms with van der Waals surface area (Å²) >= 11 is 0. The lowest BCUT2D eigenvalue weighted by atomic mass is 9.82. The summed E-state index contributed by atoms with van der Waals surface area (Å²) in [6.45, 7) is 6.89. The summed E-state index contributed by atoms with van der Waals surface area (Å²) in [5.41, 5.74) is 0.640. The van der Waals surface area contributed by atoms with Crippen molar-refractivity contribution in [2.75, 3.05) is 7.05 Å². The van der Waals surface area contributed by atoms with E-state index in [0.29, 0.717) is 11.5 Å². The lowest BCUT2D eigenvalue weighted by molar-refractivity contribution is -0.0332. The van der Waals surface area contributed by atoms with E-state index in [1.807, 2.05) is 0 Å². The molecule has 3 atom stereocenters. The first-order valence-corrected chi connectivity index (χ1v) is 6.78. The van der Waals surface area contributed by atoms with E-state index in [9.17, 15) is 0 Å². The standard InChI is InChI=1S/C14H27NO/c1-13(2)7-6-12(16-13)10-14(3)8-5-11(9-14)15-4/h11-12,15H,5-10H2,1-4H3. The quantitative estimate of drug-likeness (QED) is 0.797. The summed E-state index contributed by atoms with van der Waals surface area (Å²) in [5.74, 6) is 0. The van der Waals surface area contributed by atoms with E-state index in [4.69, 9.17) is 4.74 Å². The molecule has 2 heteroatoms. The molecule has 1 aliphatic carbocycles. The molecule has 2 rings (SSSR count). The van der Waals surface area contributed by atoms with Crippen molar-refractivity contribution in [1.82, 2.24) is 5.32 Å². The summed E-state index contributed by atoms with van der Waals surface area (Å²) < 4.78 is 6.12. The zero-order valence-electron chi connectivity index (χ0n) is 11.3. The van der Waals surface area contributed by atoms with Crippen LogP contribution in [0.15, 0.2) is 0 Å². The van der Waals surface area contributed by atoms with Crippen molar-refractivity contribution in [2.24, 2.45) is 5.41 Å². The Morgan fingerprint density at radius 3 is 2.44 bits per heavy atom. The van der Waals surface area contributed by atoms with Crippen LogP contribution < -0.4 is 5.32 Å². The highest BCUT2D eigenvalue weighted by atomic mass is 16.5. The number of rotatable bonds is 3. The molecule has 0 aromatic rings. The van der Waals surface area contributed by atoms with Crippen LogP contribution in [0.25, 0.3) is 0 Å². The highest BCUT2D eigenvalue weighted by Crippen LogP contribution is 2.45. The Morgan fingerprint density at radius 1 is 1.19 bits per heavy atom. The van der Waals surface area contributed by atoms with Gasteiger partial charge < -0.3 is 10.1 Å². The van der Waals surface area contributed by atoms with Gasteiger partial charge in [-0.2, -0.15) is 0 Å². The van der Waals surface area contributed by atoms with Crippen LogP contribution in [-0.4, -0.2) is 24.8 Å². The minimum absolute atomic E-state index is 0.127. The van der Waals surface area contributed by atoms with Crippen molar-refractivity contribution >= 4 is 0 Å². The highest BCUT2D eigenvalue weighted by Gasteiger charge is 2.40. The van der Waals surface area contributed by atoms with E-state index < -0.39 is 0 Å². The SMILES string of the molecule is CNC1CCC(C)(CC2CCC(C)(C)O2)C1. The van der Waals surface area contributed by atoms with E-state index in [1.165, 1.54) is 38.5 Å². The monoisotopic (exact) mass is 225 g/mol. The van der Waals surface area contributed by atoms with Crippen molar-refractivity contribution in [3.63, 3.8) is 0 Å². The molecule has 3 unspecified atom stereocenters. The van der Waals surface area contributed by atoms with Crippen molar-refractivity contribution in [2.45, 2.75) is 77.0 Å². The average molecular weight is 225 g/mol. The third-order valence-electron chi connectivity index (χ3n) is 4.52. The first-order chi connectivity index (χ1) is 7.42. The molecule has 1 saturated carbocycles. The van der Waals surface area contributed by atoms with Gasteiger partial charge in [-0.3, -0.25) is 0 Å². The van der Waals surface area contributed by atoms with E-state index in [2.05, 4.69) is 33.1 Å². The van der Waals surface area contributed by atoms with Crippen LogP contribution in [0.5, 0.6) is 0 Å². The minimum atomic E-state index is 0.127. The Morgan fingerprint density at radius 2 is 1.94 bits per heavy atom. The fraction of sp³-hybridized carbons (Fsp3) is 1.00. The van der Waals surface area contributed by atoms with Crippen LogP contribution in [0.2, 0.25) is 0 Å². The third-order valence-corrected chi connectivity index (χ3v) is 4.52. The second kappa shape index (κ2) is 4.30. The van der Waals surface area contributed by atoms with Gasteiger partial charge in [-0.05, 0) is 64.8 Å². The maximum absolute atomic E-state index is 6.12. The molecule has 0 spiro atoms. The van der Waals surface area contributed by atoms with Gasteiger partial charge in [0.25, 0.3) is 0 Å². The van der Waals surface area contributed by atoms with E-state index >= 15 is 0 Å². The Hall–Kier alpha value is -0.0800. The first-order valence-electron chi connectivity index (χ1n) is 6.78. The molecule has 16 heavy (non-hydrogen) atoms. The van der Waals surface area contributed by atoms with Gasteiger partial charge in [-0.1, -0.05) is 6.92 Å². The van der Waals surface area contributed by atoms with Crippen LogP contribution >= 0.6 is 0 Å². The summed E-state index contributed by atoms with van der Waals surface area (Å²) in [7, 11) is 2.09. The van der Waals surface area contributed by atoms with Crippen LogP contribution in [0.4, 0.5) is 0 Å². The van der Waals surface area contributed by atoms with Crippen LogP contribution in [0.3, 0.4) is 0 Å². The number of nitrogens with one attached hydrogen (secondary N) is 1. The molecule has 2 nitrogen and oxygen atoms in total. The van der Waals surface area contributed by atoms with Crippen molar-refractivity contribution in [3.05, 3.63) is 0 Å². The van der Waals surface area contributed by atoms with Gasteiger partial charge in [0.15, 0.2) is 0 Å². The summed E-state index contributed by atoms with van der Waals surface area (Å²) in [4.78, 5) is 0. The molecule has 0 radical (unpaired) electrons. The van der Waals surface area contributed by atoms with Crippen molar-refractivity contribution < 1.29 is 4.74 Å². The maximum atomic E-state index is 6.12. The largest absolute Gasteiger partial charge is 0.372 e. The Balaban J connectivity index is 1.86. The van der Waals surface area contributed by atoms with Crippen LogP contribution in [0, 0.1) is 5.41 Å². The Bertz CT molecular complexity index is 251. The van der Waals surface area contributed by atoms with Crippen molar-refractivity contribution in [3.8, 4) is 0 Å². The first kappa shape index (κ1) is 12.4. The fourth-order valence-corrected chi connectivity index (χ4v) is 3.52. The van der Waals surface area contributed by atoms with Gasteiger partial charge >= 0.3 is 0 Å². The smallest absolute Gasteiger partial charge is 0.0631 e. The molecule has 1 heterocycles. The molecule has 0 bridgehead atoms. The second-order valence-electron chi connectivity index (χ2n) is 6.78. The predicted octanol–water partition coefficient (Wildman–Crippen LogP) is 3.11. The Kier molecular flexibility index (Phi) is 3.33. The van der Waals surface area contributed by atoms with Crippen LogP contribution in [-0.2, 0) is 4.74 Å². The third kappa shape index (κ3) is 2.78. The molecule has 1 saturated heterocycles. The van der Waals surface area contributed by atoms with Gasteiger partial charge in [-0.15, -0.1) is 0 Å². The maximum Gasteiger partial charge on any atom is 0.0631 e. The summed E-state index contributed by atoms with van der Waals surface area (Å²) in [5, 5.41) is 3.42. The second-order valence-corrected chi connectivity index (χ2v) is 6.78. The van der Waals surface area contributed by atoms with Gasteiger partial charge in [0.2, 0.25) is 0 Å². The normalized spacial score (nSPS) is 42.8. The topological polar surface area (TPSA) is 21.3 Å². The molecule has 0 amide bonds. The summed E-state index contributed by atoms with van der Waals surface area (Å²) in [6, 6.07) is 0.736. The molecular formula is C14H27NO. The molecular weight excluding hydrogens is 198 g/mol. The van der Waals surface area contributed by atoms with Gasteiger partial charge in [0.1, 0.15) is 0 Å². The molecule has 1 N–H and O–H groups in total. The molecule has 0 aromatic carbocycles. The Labute approximate surface area is 100 Å². The number of hydrogen-bond donors (Lipinski definition) is 1. The zero-order valence-corrected chi connectivity index (χ0v) is 11.3. The molecule has 94 valence electrons. The molecule has 2 fully saturated rings. The molecule has 1 aliphatic heterocycles. The lowest BCUT2D eigenvalue weighted by Crippen LogP contribution is -2.27. The van der Waals surface area contributed by atoms with Gasteiger partial charge in [-0.25, -0.2) is 0 Å². The van der Waals surface area contributed by atoms with Crippen molar-refractivity contribution in [1.29, 1.82) is 0 Å². The minimum Gasteiger partial charge on any atom is -0.372 e.